The SMILES string of the molecule is Nc1ccc(Oc2ccc(Oc3ccc(N)cc3)c(C34CC5CC(CC(C5)C3)C4)c2)cc1. The van der Waals surface area contributed by atoms with E-state index in [1.165, 1.54) is 44.1 Å². The average molecular weight is 427 g/mol. The molecule has 4 bridgehead atoms. The monoisotopic (exact) mass is 426 g/mol. The van der Waals surface area contributed by atoms with Gasteiger partial charge in [0.15, 0.2) is 0 Å². The van der Waals surface area contributed by atoms with Gasteiger partial charge in [-0.15, -0.1) is 0 Å². The molecule has 4 aliphatic carbocycles. The molecule has 164 valence electrons. The second kappa shape index (κ2) is 7.47. The molecule has 0 spiro atoms. The molecule has 4 saturated carbocycles. The van der Waals surface area contributed by atoms with E-state index in [-0.39, 0.29) is 5.41 Å². The van der Waals surface area contributed by atoms with E-state index in [2.05, 4.69) is 12.1 Å². The molecule has 0 atom stereocenters. The Morgan fingerprint density at radius 3 is 1.59 bits per heavy atom. The van der Waals surface area contributed by atoms with Gasteiger partial charge >= 0.3 is 0 Å². The van der Waals surface area contributed by atoms with E-state index >= 15 is 0 Å². The second-order valence-corrected chi connectivity index (χ2v) is 10.2. The highest BCUT2D eigenvalue weighted by atomic mass is 16.5. The van der Waals surface area contributed by atoms with Crippen molar-refractivity contribution in [1.82, 2.24) is 0 Å². The first-order valence-electron chi connectivity index (χ1n) is 11.8. The largest absolute Gasteiger partial charge is 0.457 e. The van der Waals surface area contributed by atoms with E-state index in [4.69, 9.17) is 20.9 Å². The maximum Gasteiger partial charge on any atom is 0.131 e. The van der Waals surface area contributed by atoms with Crippen molar-refractivity contribution in [2.24, 2.45) is 17.8 Å². The molecule has 0 radical (unpaired) electrons. The molecule has 0 saturated heterocycles. The summed E-state index contributed by atoms with van der Waals surface area (Å²) in [6, 6.07) is 21.5. The number of hydrogen-bond acceptors (Lipinski definition) is 4. The van der Waals surface area contributed by atoms with Gasteiger partial charge in [0.25, 0.3) is 0 Å². The van der Waals surface area contributed by atoms with Gasteiger partial charge in [0.1, 0.15) is 23.0 Å². The van der Waals surface area contributed by atoms with Crippen LogP contribution in [0.25, 0.3) is 0 Å². The Morgan fingerprint density at radius 2 is 1.06 bits per heavy atom. The zero-order chi connectivity index (χ0) is 21.7. The quantitative estimate of drug-likeness (QED) is 0.435. The van der Waals surface area contributed by atoms with Crippen LogP contribution in [0.15, 0.2) is 66.7 Å². The van der Waals surface area contributed by atoms with Crippen LogP contribution in [0.1, 0.15) is 44.1 Å². The average Bonchev–Trinajstić information content (AvgIpc) is 2.77. The Morgan fingerprint density at radius 1 is 0.594 bits per heavy atom. The van der Waals surface area contributed by atoms with Crippen LogP contribution in [0.3, 0.4) is 0 Å². The van der Waals surface area contributed by atoms with E-state index in [0.29, 0.717) is 0 Å². The van der Waals surface area contributed by atoms with Crippen LogP contribution in [0.4, 0.5) is 11.4 Å². The molecule has 4 aliphatic rings. The van der Waals surface area contributed by atoms with E-state index in [0.717, 1.165) is 52.1 Å². The normalized spacial score (nSPS) is 27.9. The predicted molar refractivity (Wildman–Crippen MR) is 128 cm³/mol. The third-order valence-electron chi connectivity index (χ3n) is 7.78. The van der Waals surface area contributed by atoms with Gasteiger partial charge < -0.3 is 20.9 Å². The van der Waals surface area contributed by atoms with Gasteiger partial charge in [-0.1, -0.05) is 0 Å². The minimum Gasteiger partial charge on any atom is -0.457 e. The van der Waals surface area contributed by atoms with Gasteiger partial charge in [-0.2, -0.15) is 0 Å². The number of nitrogen functional groups attached to an aromatic ring is 2. The van der Waals surface area contributed by atoms with Crippen LogP contribution in [0.2, 0.25) is 0 Å². The molecule has 4 N–H and O–H groups in total. The van der Waals surface area contributed by atoms with E-state index in [9.17, 15) is 0 Å². The topological polar surface area (TPSA) is 70.5 Å². The second-order valence-electron chi connectivity index (χ2n) is 10.2. The first-order chi connectivity index (χ1) is 15.5. The highest BCUT2D eigenvalue weighted by Crippen LogP contribution is 2.62. The number of anilines is 2. The molecule has 0 aromatic heterocycles. The molecule has 0 heterocycles. The zero-order valence-electron chi connectivity index (χ0n) is 18.3. The first-order valence-corrected chi connectivity index (χ1v) is 11.8. The maximum atomic E-state index is 6.45. The number of benzene rings is 3. The Labute approximate surface area is 189 Å². The Kier molecular flexibility index (Phi) is 4.56. The summed E-state index contributed by atoms with van der Waals surface area (Å²) in [5, 5.41) is 0. The number of nitrogens with two attached hydrogens (primary N) is 2. The summed E-state index contributed by atoms with van der Waals surface area (Å²) in [7, 11) is 0. The van der Waals surface area contributed by atoms with Crippen LogP contribution >= 0.6 is 0 Å². The van der Waals surface area contributed by atoms with Gasteiger partial charge in [0, 0.05) is 16.9 Å². The first kappa shape index (κ1) is 19.5. The summed E-state index contributed by atoms with van der Waals surface area (Å²) in [6.45, 7) is 0. The third-order valence-corrected chi connectivity index (χ3v) is 7.78. The maximum absolute atomic E-state index is 6.45. The molecule has 0 unspecified atom stereocenters. The fourth-order valence-corrected chi connectivity index (χ4v) is 6.85. The van der Waals surface area contributed by atoms with Crippen molar-refractivity contribution in [3.05, 3.63) is 72.3 Å². The summed E-state index contributed by atoms with van der Waals surface area (Å²) >= 11 is 0. The zero-order valence-corrected chi connectivity index (χ0v) is 18.3. The number of rotatable bonds is 5. The Balaban J connectivity index is 1.39. The molecule has 4 nitrogen and oxygen atoms in total. The standard InChI is InChI=1S/C28H30N2O2/c29-21-1-5-23(6-2-21)31-25-9-10-27(32-24-7-3-22(30)4-8-24)26(14-25)28-15-18-11-19(16-28)13-20(12-18)17-28/h1-10,14,18-20H,11-13,15-17,29-30H2. The molecule has 7 rings (SSSR count). The fraction of sp³-hybridized carbons (Fsp3) is 0.357. The van der Waals surface area contributed by atoms with Crippen LogP contribution in [0.5, 0.6) is 23.0 Å². The van der Waals surface area contributed by atoms with E-state index < -0.39 is 0 Å². The lowest BCUT2D eigenvalue weighted by Crippen LogP contribution is -2.48. The molecule has 3 aromatic carbocycles. The van der Waals surface area contributed by atoms with Crippen LogP contribution in [0, 0.1) is 17.8 Å². The van der Waals surface area contributed by atoms with Crippen molar-refractivity contribution in [2.45, 2.75) is 43.9 Å². The molecule has 4 heteroatoms. The van der Waals surface area contributed by atoms with E-state index in [1.54, 1.807) is 0 Å². The molecular formula is C28H30N2O2. The molecular weight excluding hydrogens is 396 g/mol. The summed E-state index contributed by atoms with van der Waals surface area (Å²) in [4.78, 5) is 0. The van der Waals surface area contributed by atoms with Crippen LogP contribution < -0.4 is 20.9 Å². The van der Waals surface area contributed by atoms with Crippen molar-refractivity contribution in [3.8, 4) is 23.0 Å². The molecule has 3 aromatic rings. The fourth-order valence-electron chi connectivity index (χ4n) is 6.85. The van der Waals surface area contributed by atoms with Gasteiger partial charge in [-0.25, -0.2) is 0 Å². The lowest BCUT2D eigenvalue weighted by atomic mass is 9.48. The minimum atomic E-state index is 0.193. The van der Waals surface area contributed by atoms with Gasteiger partial charge in [-0.05, 0) is 128 Å². The summed E-state index contributed by atoms with van der Waals surface area (Å²) in [5.41, 5.74) is 14.7. The van der Waals surface area contributed by atoms with E-state index in [1.807, 2.05) is 54.6 Å². The van der Waals surface area contributed by atoms with Crippen molar-refractivity contribution in [1.29, 1.82) is 0 Å². The van der Waals surface area contributed by atoms with Crippen molar-refractivity contribution >= 4 is 11.4 Å². The lowest BCUT2D eigenvalue weighted by Gasteiger charge is -2.57. The van der Waals surface area contributed by atoms with Crippen molar-refractivity contribution < 1.29 is 9.47 Å². The van der Waals surface area contributed by atoms with Gasteiger partial charge in [0.2, 0.25) is 0 Å². The van der Waals surface area contributed by atoms with Crippen LogP contribution in [-0.2, 0) is 5.41 Å². The number of hydrogen-bond donors (Lipinski definition) is 2. The molecule has 4 fully saturated rings. The third kappa shape index (κ3) is 3.58. The number of ether oxygens (including phenoxy) is 2. The molecule has 0 amide bonds. The Bertz CT molecular complexity index is 1090. The van der Waals surface area contributed by atoms with Crippen molar-refractivity contribution in [3.63, 3.8) is 0 Å². The highest BCUT2D eigenvalue weighted by molar-refractivity contribution is 5.51. The smallest absolute Gasteiger partial charge is 0.131 e. The van der Waals surface area contributed by atoms with Gasteiger partial charge in [0.05, 0.1) is 0 Å². The van der Waals surface area contributed by atoms with Crippen LogP contribution in [-0.4, -0.2) is 0 Å². The van der Waals surface area contributed by atoms with Crippen molar-refractivity contribution in [2.75, 3.05) is 11.5 Å². The Hall–Kier alpha value is -3.14. The predicted octanol–water partition coefficient (Wildman–Crippen LogP) is 6.90. The highest BCUT2D eigenvalue weighted by Gasteiger charge is 2.52. The van der Waals surface area contributed by atoms with Gasteiger partial charge in [-0.3, -0.25) is 0 Å². The lowest BCUT2D eigenvalue weighted by molar-refractivity contribution is -0.00605. The summed E-state index contributed by atoms with van der Waals surface area (Å²) in [5.74, 6) is 5.97. The minimum absolute atomic E-state index is 0.193. The summed E-state index contributed by atoms with van der Waals surface area (Å²) in [6.07, 6.45) is 8.03. The molecule has 32 heavy (non-hydrogen) atoms. The molecule has 0 aliphatic heterocycles. The summed E-state index contributed by atoms with van der Waals surface area (Å²) < 4.78 is 12.7.